The number of carbonyl (C=O) groups is 2. The summed E-state index contributed by atoms with van der Waals surface area (Å²) in [7, 11) is 0. The van der Waals surface area contributed by atoms with Crippen LogP contribution >= 0.6 is 0 Å². The molecule has 0 rings (SSSR count). The second kappa shape index (κ2) is 6.51. The van der Waals surface area contributed by atoms with Gasteiger partial charge >= 0.3 is 11.9 Å². The van der Waals surface area contributed by atoms with Gasteiger partial charge in [-0.05, 0) is 34.1 Å². The summed E-state index contributed by atoms with van der Waals surface area (Å²) in [5.41, 5.74) is -0.651. The number of hydrogen-bond acceptors (Lipinski definition) is 4. The molecule has 0 aromatic carbocycles. The van der Waals surface area contributed by atoms with Gasteiger partial charge in [0, 0.05) is 0 Å². The van der Waals surface area contributed by atoms with Crippen LogP contribution in [-0.4, -0.2) is 25.2 Å². The van der Waals surface area contributed by atoms with Gasteiger partial charge in [-0.15, -0.1) is 0 Å². The van der Waals surface area contributed by atoms with Crippen LogP contribution < -0.4 is 0 Å². The van der Waals surface area contributed by atoms with E-state index in [4.69, 9.17) is 9.47 Å². The Morgan fingerprint density at radius 1 is 1.12 bits per heavy atom. The van der Waals surface area contributed by atoms with Crippen LogP contribution in [0.15, 0.2) is 0 Å². The summed E-state index contributed by atoms with van der Waals surface area (Å²) in [5, 5.41) is 0. The first-order valence-electron chi connectivity index (χ1n) is 5.69. The van der Waals surface area contributed by atoms with E-state index in [-0.39, 0.29) is 17.9 Å². The first-order valence-corrected chi connectivity index (χ1v) is 5.69. The van der Waals surface area contributed by atoms with Crippen LogP contribution in [0.1, 0.15) is 41.0 Å². The molecule has 0 aliphatic rings. The van der Waals surface area contributed by atoms with Crippen LogP contribution in [0.4, 0.5) is 0 Å². The Morgan fingerprint density at radius 3 is 2.06 bits per heavy atom. The van der Waals surface area contributed by atoms with E-state index < -0.39 is 5.41 Å². The monoisotopic (exact) mass is 230 g/mol. The average molecular weight is 230 g/mol. The van der Waals surface area contributed by atoms with Gasteiger partial charge in [-0.2, -0.15) is 0 Å². The number of hydrogen-bond donors (Lipinski definition) is 0. The second-order valence-electron chi connectivity index (χ2n) is 4.46. The third kappa shape index (κ3) is 4.64. The minimum absolute atomic E-state index is 0.264. The molecule has 0 N–H and O–H groups in total. The summed E-state index contributed by atoms with van der Waals surface area (Å²) in [5.74, 6) is -0.828. The van der Waals surface area contributed by atoms with Crippen molar-refractivity contribution < 1.29 is 19.1 Å². The Morgan fingerprint density at radius 2 is 1.62 bits per heavy atom. The van der Waals surface area contributed by atoms with Crippen molar-refractivity contribution in [3.63, 3.8) is 0 Å². The molecule has 0 heterocycles. The zero-order valence-electron chi connectivity index (χ0n) is 10.8. The van der Waals surface area contributed by atoms with Gasteiger partial charge < -0.3 is 9.47 Å². The normalized spacial score (nSPS) is 13.1. The summed E-state index contributed by atoms with van der Waals surface area (Å²) >= 11 is 0. The Balaban J connectivity index is 4.34. The van der Waals surface area contributed by atoms with E-state index in [9.17, 15) is 9.59 Å². The molecule has 0 aromatic heterocycles. The lowest BCUT2D eigenvalue weighted by Crippen LogP contribution is -2.31. The minimum atomic E-state index is -0.651. The Bertz CT molecular complexity index is 245. The molecule has 0 fully saturated rings. The number of ether oxygens (including phenoxy) is 2. The highest BCUT2D eigenvalue weighted by atomic mass is 16.5. The first-order chi connectivity index (χ1) is 7.35. The van der Waals surface area contributed by atoms with Crippen LogP contribution in [0.2, 0.25) is 0 Å². The lowest BCUT2D eigenvalue weighted by molar-refractivity contribution is -0.156. The molecule has 94 valence electrons. The number of carbonyl (C=O) groups excluding carboxylic acids is 2. The molecule has 0 aliphatic heterocycles. The van der Waals surface area contributed by atoms with Gasteiger partial charge in [-0.3, -0.25) is 9.59 Å². The van der Waals surface area contributed by atoms with Gasteiger partial charge in [0.15, 0.2) is 0 Å². The highest BCUT2D eigenvalue weighted by Crippen LogP contribution is 2.27. The van der Waals surface area contributed by atoms with Crippen LogP contribution in [0.3, 0.4) is 0 Å². The zero-order valence-corrected chi connectivity index (χ0v) is 10.8. The topological polar surface area (TPSA) is 52.6 Å². The Labute approximate surface area is 97.3 Å². The maximum Gasteiger partial charge on any atom is 0.311 e. The fourth-order valence-corrected chi connectivity index (χ4v) is 1.54. The van der Waals surface area contributed by atoms with E-state index in [1.54, 1.807) is 34.6 Å². The molecule has 4 heteroatoms. The summed E-state index contributed by atoms with van der Waals surface area (Å²) in [4.78, 5) is 23.0. The number of esters is 2. The highest BCUT2D eigenvalue weighted by molar-refractivity contribution is 5.78. The predicted molar refractivity (Wildman–Crippen MR) is 60.8 cm³/mol. The standard InChI is InChI=1S/C12H22O4/c1-6-15-10(13)9(3)8-12(4,5)11(14)16-7-2/h9H,6-8H2,1-5H3. The van der Waals surface area contributed by atoms with Crippen molar-refractivity contribution in [3.8, 4) is 0 Å². The van der Waals surface area contributed by atoms with Crippen molar-refractivity contribution in [1.29, 1.82) is 0 Å². The molecule has 4 nitrogen and oxygen atoms in total. The molecule has 0 bridgehead atoms. The van der Waals surface area contributed by atoms with Crippen LogP contribution in [-0.2, 0) is 19.1 Å². The fourth-order valence-electron chi connectivity index (χ4n) is 1.54. The molecular formula is C12H22O4. The van der Waals surface area contributed by atoms with E-state index in [0.717, 1.165) is 0 Å². The predicted octanol–water partition coefficient (Wildman–Crippen LogP) is 2.17. The third-order valence-corrected chi connectivity index (χ3v) is 2.33. The van der Waals surface area contributed by atoms with Gasteiger partial charge in [0.2, 0.25) is 0 Å². The van der Waals surface area contributed by atoms with Crippen molar-refractivity contribution in [2.45, 2.75) is 41.0 Å². The van der Waals surface area contributed by atoms with Gasteiger partial charge in [-0.25, -0.2) is 0 Å². The Hall–Kier alpha value is -1.06. The van der Waals surface area contributed by atoms with Gasteiger partial charge in [-0.1, -0.05) is 6.92 Å². The molecule has 16 heavy (non-hydrogen) atoms. The van der Waals surface area contributed by atoms with Crippen molar-refractivity contribution in [3.05, 3.63) is 0 Å². The van der Waals surface area contributed by atoms with E-state index >= 15 is 0 Å². The van der Waals surface area contributed by atoms with Gasteiger partial charge in [0.1, 0.15) is 0 Å². The van der Waals surface area contributed by atoms with Crippen molar-refractivity contribution in [2.24, 2.45) is 11.3 Å². The SMILES string of the molecule is CCOC(=O)C(C)CC(C)(C)C(=O)OCC. The zero-order chi connectivity index (χ0) is 12.8. The number of rotatable bonds is 6. The molecule has 0 spiro atoms. The van der Waals surface area contributed by atoms with E-state index in [2.05, 4.69) is 0 Å². The third-order valence-electron chi connectivity index (χ3n) is 2.33. The van der Waals surface area contributed by atoms with E-state index in [0.29, 0.717) is 19.6 Å². The molecule has 0 amide bonds. The van der Waals surface area contributed by atoms with Gasteiger partial charge in [0.25, 0.3) is 0 Å². The first kappa shape index (κ1) is 14.9. The molecular weight excluding hydrogens is 208 g/mol. The van der Waals surface area contributed by atoms with E-state index in [1.807, 2.05) is 0 Å². The van der Waals surface area contributed by atoms with Crippen molar-refractivity contribution in [1.82, 2.24) is 0 Å². The molecule has 0 aliphatic carbocycles. The van der Waals surface area contributed by atoms with Crippen LogP contribution in [0.5, 0.6) is 0 Å². The van der Waals surface area contributed by atoms with E-state index in [1.165, 1.54) is 0 Å². The minimum Gasteiger partial charge on any atom is -0.466 e. The molecule has 0 radical (unpaired) electrons. The molecule has 0 aromatic rings. The second-order valence-corrected chi connectivity index (χ2v) is 4.46. The summed E-state index contributed by atoms with van der Waals surface area (Å²) in [6, 6.07) is 0. The maximum absolute atomic E-state index is 11.6. The Kier molecular flexibility index (Phi) is 6.08. The van der Waals surface area contributed by atoms with Crippen molar-refractivity contribution in [2.75, 3.05) is 13.2 Å². The van der Waals surface area contributed by atoms with Crippen LogP contribution in [0, 0.1) is 11.3 Å². The van der Waals surface area contributed by atoms with Crippen molar-refractivity contribution >= 4 is 11.9 Å². The average Bonchev–Trinajstić information content (AvgIpc) is 2.17. The highest BCUT2D eigenvalue weighted by Gasteiger charge is 2.33. The summed E-state index contributed by atoms with van der Waals surface area (Å²) in [6.45, 7) is 9.57. The summed E-state index contributed by atoms with van der Waals surface area (Å²) < 4.78 is 9.85. The quantitative estimate of drug-likeness (QED) is 0.656. The maximum atomic E-state index is 11.6. The lowest BCUT2D eigenvalue weighted by Gasteiger charge is -2.24. The lowest BCUT2D eigenvalue weighted by atomic mass is 9.83. The molecule has 1 unspecified atom stereocenters. The molecule has 0 saturated heterocycles. The summed E-state index contributed by atoms with van der Waals surface area (Å²) in [6.07, 6.45) is 0.435. The smallest absolute Gasteiger partial charge is 0.311 e. The molecule has 0 saturated carbocycles. The molecule has 1 atom stereocenters. The van der Waals surface area contributed by atoms with Gasteiger partial charge in [0.05, 0.1) is 24.5 Å². The fraction of sp³-hybridized carbons (Fsp3) is 0.833. The van der Waals surface area contributed by atoms with Crippen LogP contribution in [0.25, 0.3) is 0 Å². The largest absolute Gasteiger partial charge is 0.466 e.